The number of aromatic nitrogens is 2. The van der Waals surface area contributed by atoms with E-state index in [4.69, 9.17) is 23.2 Å². The summed E-state index contributed by atoms with van der Waals surface area (Å²) >= 11 is 11.8. The lowest BCUT2D eigenvalue weighted by Gasteiger charge is -2.28. The first kappa shape index (κ1) is 23.0. The number of anilines is 1. The van der Waals surface area contributed by atoms with E-state index in [1.807, 2.05) is 0 Å². The predicted octanol–water partition coefficient (Wildman–Crippen LogP) is 4.72. The summed E-state index contributed by atoms with van der Waals surface area (Å²) in [7, 11) is 0. The first-order valence-electron chi connectivity index (χ1n) is 7.22. The standard InChI is InChI=1S/C15H13Cl2F3N4.2ClH/c16-10-2-1-9(7-11(10)17)12-8-13(15(18,19)20)23-14(22-12)24-5-3-21-4-6-24;;/h1-2,7-8,21H,3-6H2;2*1H. The van der Waals surface area contributed by atoms with Crippen molar-refractivity contribution < 1.29 is 13.2 Å². The summed E-state index contributed by atoms with van der Waals surface area (Å²) in [6, 6.07) is 5.52. The second-order valence-electron chi connectivity index (χ2n) is 5.30. The molecule has 2 aromatic rings. The SMILES string of the molecule is Cl.Cl.FC(F)(F)c1cc(-c2ccc(Cl)c(Cl)c2)nc(N2CCNCC2)n1. The highest BCUT2D eigenvalue weighted by molar-refractivity contribution is 6.42. The van der Waals surface area contributed by atoms with E-state index < -0.39 is 11.9 Å². The summed E-state index contributed by atoms with van der Waals surface area (Å²) < 4.78 is 39.6. The molecule has 0 spiro atoms. The van der Waals surface area contributed by atoms with E-state index in [2.05, 4.69) is 15.3 Å². The lowest BCUT2D eigenvalue weighted by Crippen LogP contribution is -2.44. The molecule has 26 heavy (non-hydrogen) atoms. The van der Waals surface area contributed by atoms with Crippen LogP contribution in [0.3, 0.4) is 0 Å². The van der Waals surface area contributed by atoms with Crippen molar-refractivity contribution in [2.75, 3.05) is 31.1 Å². The van der Waals surface area contributed by atoms with Crippen LogP contribution in [0.4, 0.5) is 19.1 Å². The van der Waals surface area contributed by atoms with Crippen LogP contribution in [-0.2, 0) is 6.18 Å². The highest BCUT2D eigenvalue weighted by Crippen LogP contribution is 2.33. The maximum absolute atomic E-state index is 13.2. The van der Waals surface area contributed by atoms with E-state index in [1.165, 1.54) is 12.1 Å². The van der Waals surface area contributed by atoms with E-state index in [9.17, 15) is 13.2 Å². The zero-order valence-electron chi connectivity index (χ0n) is 13.2. The molecule has 11 heteroatoms. The van der Waals surface area contributed by atoms with Crippen LogP contribution >= 0.6 is 48.0 Å². The van der Waals surface area contributed by atoms with Gasteiger partial charge in [0.05, 0.1) is 15.7 Å². The van der Waals surface area contributed by atoms with Gasteiger partial charge in [0.1, 0.15) is 0 Å². The molecule has 0 unspecified atom stereocenters. The normalized spacial score (nSPS) is 14.4. The summed E-state index contributed by atoms with van der Waals surface area (Å²) in [5.74, 6) is 0.0624. The van der Waals surface area contributed by atoms with Gasteiger partial charge in [-0.3, -0.25) is 0 Å². The minimum Gasteiger partial charge on any atom is -0.338 e. The molecule has 1 fully saturated rings. The Morgan fingerprint density at radius 3 is 2.19 bits per heavy atom. The molecule has 1 saturated heterocycles. The first-order valence-corrected chi connectivity index (χ1v) is 7.97. The van der Waals surface area contributed by atoms with E-state index in [0.29, 0.717) is 36.8 Å². The molecule has 2 heterocycles. The van der Waals surface area contributed by atoms with Gasteiger partial charge in [0, 0.05) is 31.7 Å². The molecule has 0 bridgehead atoms. The van der Waals surface area contributed by atoms with Crippen LogP contribution in [0.15, 0.2) is 24.3 Å². The highest BCUT2D eigenvalue weighted by Gasteiger charge is 2.34. The second kappa shape index (κ2) is 9.28. The van der Waals surface area contributed by atoms with Crippen LogP contribution in [0, 0.1) is 0 Å². The van der Waals surface area contributed by atoms with Crippen LogP contribution in [0.25, 0.3) is 11.3 Å². The van der Waals surface area contributed by atoms with Crippen LogP contribution in [0.2, 0.25) is 10.0 Å². The Hall–Kier alpha value is -0.990. The summed E-state index contributed by atoms with van der Waals surface area (Å²) in [5, 5.41) is 3.72. The van der Waals surface area contributed by atoms with Crippen LogP contribution in [0.5, 0.6) is 0 Å². The molecule has 0 atom stereocenters. The van der Waals surface area contributed by atoms with Gasteiger partial charge in [-0.25, -0.2) is 9.97 Å². The van der Waals surface area contributed by atoms with Gasteiger partial charge in [0.2, 0.25) is 5.95 Å². The largest absolute Gasteiger partial charge is 0.433 e. The molecule has 144 valence electrons. The molecule has 0 saturated carbocycles. The van der Waals surface area contributed by atoms with Gasteiger partial charge in [-0.1, -0.05) is 29.3 Å². The molecule has 3 rings (SSSR count). The fourth-order valence-corrected chi connectivity index (χ4v) is 2.69. The molecule has 0 aliphatic carbocycles. The van der Waals surface area contributed by atoms with Crippen molar-refractivity contribution in [1.82, 2.24) is 15.3 Å². The Kier molecular flexibility index (Phi) is 8.23. The number of nitrogens with zero attached hydrogens (tertiary/aromatic N) is 3. The average Bonchev–Trinajstić information content (AvgIpc) is 2.57. The van der Waals surface area contributed by atoms with Crippen LogP contribution < -0.4 is 10.2 Å². The average molecular weight is 450 g/mol. The highest BCUT2D eigenvalue weighted by atomic mass is 35.5. The van der Waals surface area contributed by atoms with Gasteiger partial charge in [0.15, 0.2) is 5.69 Å². The number of hydrogen-bond acceptors (Lipinski definition) is 4. The summed E-state index contributed by atoms with van der Waals surface area (Å²) in [5.41, 5.74) is -0.370. The number of benzene rings is 1. The van der Waals surface area contributed by atoms with E-state index >= 15 is 0 Å². The fraction of sp³-hybridized carbons (Fsp3) is 0.333. The van der Waals surface area contributed by atoms with Gasteiger partial charge in [-0.2, -0.15) is 13.2 Å². The van der Waals surface area contributed by atoms with Gasteiger partial charge in [-0.05, 0) is 18.2 Å². The topological polar surface area (TPSA) is 41.1 Å². The number of rotatable bonds is 2. The Labute approximate surface area is 170 Å². The molecule has 1 N–H and O–H groups in total. The molecule has 1 aliphatic heterocycles. The van der Waals surface area contributed by atoms with Crippen molar-refractivity contribution in [3.8, 4) is 11.3 Å². The second-order valence-corrected chi connectivity index (χ2v) is 6.12. The predicted molar refractivity (Wildman–Crippen MR) is 102 cm³/mol. The zero-order valence-corrected chi connectivity index (χ0v) is 16.3. The molecule has 1 aromatic carbocycles. The summed E-state index contributed by atoms with van der Waals surface area (Å²) in [6.45, 7) is 2.42. The Bertz CT molecular complexity index is 752. The molecule has 1 aliphatic rings. The summed E-state index contributed by atoms with van der Waals surface area (Å²) in [4.78, 5) is 9.72. The minimum atomic E-state index is -4.56. The van der Waals surface area contributed by atoms with Gasteiger partial charge < -0.3 is 10.2 Å². The van der Waals surface area contributed by atoms with Crippen molar-refractivity contribution in [1.29, 1.82) is 0 Å². The minimum absolute atomic E-state index is 0. The van der Waals surface area contributed by atoms with Crippen molar-refractivity contribution in [3.05, 3.63) is 40.0 Å². The molecular formula is C15H15Cl4F3N4. The van der Waals surface area contributed by atoms with E-state index in [-0.39, 0.29) is 41.5 Å². The Balaban J connectivity index is 0.00000169. The quantitative estimate of drug-likeness (QED) is 0.719. The lowest BCUT2D eigenvalue weighted by molar-refractivity contribution is -0.141. The van der Waals surface area contributed by atoms with E-state index in [0.717, 1.165) is 6.07 Å². The lowest BCUT2D eigenvalue weighted by atomic mass is 10.1. The maximum atomic E-state index is 13.2. The molecule has 4 nitrogen and oxygen atoms in total. The van der Waals surface area contributed by atoms with Crippen molar-refractivity contribution >= 4 is 54.0 Å². The molecule has 1 aromatic heterocycles. The third-order valence-corrected chi connectivity index (χ3v) is 4.36. The van der Waals surface area contributed by atoms with Crippen molar-refractivity contribution in [3.63, 3.8) is 0 Å². The number of alkyl halides is 3. The van der Waals surface area contributed by atoms with Crippen LogP contribution in [-0.4, -0.2) is 36.1 Å². The first-order chi connectivity index (χ1) is 11.3. The van der Waals surface area contributed by atoms with Gasteiger partial charge in [0.25, 0.3) is 0 Å². The van der Waals surface area contributed by atoms with Gasteiger partial charge >= 0.3 is 6.18 Å². The smallest absolute Gasteiger partial charge is 0.338 e. The third-order valence-electron chi connectivity index (χ3n) is 3.62. The molecule has 0 radical (unpaired) electrons. The van der Waals surface area contributed by atoms with E-state index in [1.54, 1.807) is 11.0 Å². The summed E-state index contributed by atoms with van der Waals surface area (Å²) in [6.07, 6.45) is -4.56. The van der Waals surface area contributed by atoms with Crippen molar-refractivity contribution in [2.45, 2.75) is 6.18 Å². The maximum Gasteiger partial charge on any atom is 0.433 e. The number of piperazine rings is 1. The fourth-order valence-electron chi connectivity index (χ4n) is 2.39. The van der Waals surface area contributed by atoms with Crippen molar-refractivity contribution in [2.24, 2.45) is 0 Å². The Morgan fingerprint density at radius 1 is 0.962 bits per heavy atom. The van der Waals surface area contributed by atoms with Crippen LogP contribution in [0.1, 0.15) is 5.69 Å². The number of hydrogen-bond donors (Lipinski definition) is 1. The third kappa shape index (κ3) is 5.27. The number of nitrogens with one attached hydrogen (secondary N) is 1. The molecular weight excluding hydrogens is 435 g/mol. The Morgan fingerprint density at radius 2 is 1.62 bits per heavy atom. The number of halogens is 7. The zero-order chi connectivity index (χ0) is 17.3. The molecule has 0 amide bonds. The monoisotopic (exact) mass is 448 g/mol. The van der Waals surface area contributed by atoms with Gasteiger partial charge in [-0.15, -0.1) is 24.8 Å².